The highest BCUT2D eigenvalue weighted by atomic mass is 16.6. The van der Waals surface area contributed by atoms with Gasteiger partial charge in [0.15, 0.2) is 0 Å². The number of methoxy groups -OCH3 is 1. The fourth-order valence-corrected chi connectivity index (χ4v) is 1.17. The molecular weight excluding hydrogens is 236 g/mol. The minimum absolute atomic E-state index is 0.146. The Balaban J connectivity index is 3.94. The number of hydrogen-bond donors (Lipinski definition) is 2. The number of carbonyl (C=O) groups excluding carboxylic acids is 2. The van der Waals surface area contributed by atoms with Gasteiger partial charge in [-0.15, -0.1) is 0 Å². The molecule has 0 rings (SSSR count). The molecule has 0 aliphatic heterocycles. The van der Waals surface area contributed by atoms with Gasteiger partial charge in [0.1, 0.15) is 11.6 Å². The van der Waals surface area contributed by atoms with Gasteiger partial charge in [-0.3, -0.25) is 4.79 Å². The van der Waals surface area contributed by atoms with Crippen LogP contribution in [0.2, 0.25) is 0 Å². The molecule has 0 aliphatic carbocycles. The van der Waals surface area contributed by atoms with E-state index in [4.69, 9.17) is 4.74 Å². The van der Waals surface area contributed by atoms with Crippen LogP contribution in [0.5, 0.6) is 0 Å². The lowest BCUT2D eigenvalue weighted by molar-refractivity contribution is -0.142. The van der Waals surface area contributed by atoms with Crippen molar-refractivity contribution in [3.8, 4) is 0 Å². The minimum atomic E-state index is -0.517. The second-order valence-electron chi connectivity index (χ2n) is 5.20. The third-order valence-electron chi connectivity index (χ3n) is 2.05. The van der Waals surface area contributed by atoms with E-state index in [1.165, 1.54) is 7.11 Å². The molecular formula is C12H24N2O4. The van der Waals surface area contributed by atoms with Crippen LogP contribution in [-0.2, 0) is 14.3 Å². The van der Waals surface area contributed by atoms with Crippen LogP contribution in [0.3, 0.4) is 0 Å². The van der Waals surface area contributed by atoms with Crippen LogP contribution in [0.15, 0.2) is 0 Å². The first-order valence-corrected chi connectivity index (χ1v) is 5.96. The Morgan fingerprint density at radius 1 is 1.22 bits per heavy atom. The summed E-state index contributed by atoms with van der Waals surface area (Å²) in [5.41, 5.74) is -0.517. The van der Waals surface area contributed by atoms with E-state index in [1.807, 2.05) is 6.92 Å². The first-order valence-electron chi connectivity index (χ1n) is 5.96. The molecule has 2 atom stereocenters. The van der Waals surface area contributed by atoms with Crippen molar-refractivity contribution in [2.75, 3.05) is 13.7 Å². The molecule has 6 nitrogen and oxygen atoms in total. The second-order valence-corrected chi connectivity index (χ2v) is 5.20. The average molecular weight is 260 g/mol. The zero-order valence-electron chi connectivity index (χ0n) is 12.0. The van der Waals surface area contributed by atoms with Crippen LogP contribution in [0.4, 0.5) is 4.79 Å². The maximum Gasteiger partial charge on any atom is 0.407 e. The molecule has 0 aromatic carbocycles. The van der Waals surface area contributed by atoms with Crippen LogP contribution in [0.25, 0.3) is 0 Å². The summed E-state index contributed by atoms with van der Waals surface area (Å²) < 4.78 is 9.69. The van der Waals surface area contributed by atoms with Gasteiger partial charge in [0, 0.05) is 12.6 Å². The van der Waals surface area contributed by atoms with Crippen molar-refractivity contribution in [3.05, 3.63) is 0 Å². The summed E-state index contributed by atoms with van der Waals surface area (Å²) in [7, 11) is 1.34. The average Bonchev–Trinajstić information content (AvgIpc) is 2.21. The van der Waals surface area contributed by atoms with Crippen molar-refractivity contribution in [1.29, 1.82) is 0 Å². The minimum Gasteiger partial charge on any atom is -0.468 e. The fourth-order valence-electron chi connectivity index (χ4n) is 1.17. The summed E-state index contributed by atoms with van der Waals surface area (Å²) in [5.74, 6) is -0.334. The summed E-state index contributed by atoms with van der Waals surface area (Å²) in [5, 5.41) is 5.63. The van der Waals surface area contributed by atoms with Gasteiger partial charge in [-0.2, -0.15) is 0 Å². The van der Waals surface area contributed by atoms with Crippen molar-refractivity contribution in [3.63, 3.8) is 0 Å². The van der Waals surface area contributed by atoms with Crippen LogP contribution in [0, 0.1) is 0 Å². The Morgan fingerprint density at radius 3 is 2.22 bits per heavy atom. The highest BCUT2D eigenvalue weighted by molar-refractivity contribution is 5.75. The van der Waals surface area contributed by atoms with Gasteiger partial charge in [-0.25, -0.2) is 4.79 Å². The lowest BCUT2D eigenvalue weighted by Gasteiger charge is -2.22. The Kier molecular flexibility index (Phi) is 6.68. The van der Waals surface area contributed by atoms with Crippen LogP contribution in [0.1, 0.15) is 34.6 Å². The lowest BCUT2D eigenvalue weighted by atomic mass is 10.2. The molecule has 2 unspecified atom stereocenters. The van der Waals surface area contributed by atoms with E-state index >= 15 is 0 Å². The topological polar surface area (TPSA) is 76.7 Å². The third-order valence-corrected chi connectivity index (χ3v) is 2.05. The van der Waals surface area contributed by atoms with Crippen LogP contribution in [-0.4, -0.2) is 43.4 Å². The van der Waals surface area contributed by atoms with Crippen LogP contribution < -0.4 is 10.6 Å². The molecule has 0 heterocycles. The van der Waals surface area contributed by atoms with E-state index in [-0.39, 0.29) is 12.0 Å². The number of hydrogen-bond acceptors (Lipinski definition) is 5. The Labute approximate surface area is 108 Å². The van der Waals surface area contributed by atoms with E-state index in [9.17, 15) is 9.59 Å². The SMILES string of the molecule is COC(=O)C(C)NCC(C)NC(=O)OC(C)(C)C. The fraction of sp³-hybridized carbons (Fsp3) is 0.833. The first kappa shape index (κ1) is 16.7. The number of carbonyl (C=O) groups is 2. The summed E-state index contributed by atoms with van der Waals surface area (Å²) in [6.07, 6.45) is -0.470. The molecule has 6 heteroatoms. The van der Waals surface area contributed by atoms with E-state index in [1.54, 1.807) is 27.7 Å². The van der Waals surface area contributed by atoms with E-state index in [2.05, 4.69) is 15.4 Å². The Hall–Kier alpha value is -1.30. The standard InChI is InChI=1S/C12H24N2O4/c1-8(7-13-9(2)10(15)17-6)14-11(16)18-12(3,4)5/h8-9,13H,7H2,1-6H3,(H,14,16). The van der Waals surface area contributed by atoms with Gasteiger partial charge in [-0.05, 0) is 34.6 Å². The van der Waals surface area contributed by atoms with Crippen molar-refractivity contribution < 1.29 is 19.1 Å². The summed E-state index contributed by atoms with van der Waals surface area (Å²) >= 11 is 0. The number of esters is 1. The first-order chi connectivity index (χ1) is 8.15. The van der Waals surface area contributed by atoms with E-state index in [0.717, 1.165) is 0 Å². The number of amides is 1. The number of ether oxygens (including phenoxy) is 2. The maximum atomic E-state index is 11.5. The Bertz CT molecular complexity index is 286. The molecule has 0 saturated carbocycles. The van der Waals surface area contributed by atoms with Gasteiger partial charge in [0.2, 0.25) is 0 Å². The lowest BCUT2D eigenvalue weighted by Crippen LogP contribution is -2.46. The largest absolute Gasteiger partial charge is 0.468 e. The molecule has 0 spiro atoms. The maximum absolute atomic E-state index is 11.5. The van der Waals surface area contributed by atoms with Gasteiger partial charge < -0.3 is 20.1 Å². The summed E-state index contributed by atoms with van der Waals surface area (Å²) in [6, 6.07) is -0.551. The van der Waals surface area contributed by atoms with Gasteiger partial charge >= 0.3 is 12.1 Å². The van der Waals surface area contributed by atoms with Crippen molar-refractivity contribution >= 4 is 12.1 Å². The predicted octanol–water partition coefficient (Wildman–Crippen LogP) is 1.05. The molecule has 0 fully saturated rings. The van der Waals surface area contributed by atoms with E-state index in [0.29, 0.717) is 6.54 Å². The van der Waals surface area contributed by atoms with Crippen molar-refractivity contribution in [1.82, 2.24) is 10.6 Å². The van der Waals surface area contributed by atoms with Gasteiger partial charge in [0.25, 0.3) is 0 Å². The van der Waals surface area contributed by atoms with E-state index < -0.39 is 17.7 Å². The second kappa shape index (κ2) is 7.20. The molecule has 0 aliphatic rings. The number of alkyl carbamates (subject to hydrolysis) is 1. The normalized spacial score (nSPS) is 14.6. The smallest absolute Gasteiger partial charge is 0.407 e. The zero-order valence-corrected chi connectivity index (χ0v) is 12.0. The molecule has 0 bridgehead atoms. The summed E-state index contributed by atoms with van der Waals surface area (Å²) in [6.45, 7) is 9.38. The molecule has 0 aromatic heterocycles. The van der Waals surface area contributed by atoms with Crippen LogP contribution >= 0.6 is 0 Å². The quantitative estimate of drug-likeness (QED) is 0.723. The Morgan fingerprint density at radius 2 is 1.78 bits per heavy atom. The molecule has 106 valence electrons. The third kappa shape index (κ3) is 7.89. The highest BCUT2D eigenvalue weighted by Gasteiger charge is 2.18. The predicted molar refractivity (Wildman–Crippen MR) is 68.3 cm³/mol. The zero-order chi connectivity index (χ0) is 14.3. The molecule has 1 amide bonds. The molecule has 0 saturated heterocycles. The number of nitrogens with one attached hydrogen (secondary N) is 2. The van der Waals surface area contributed by atoms with Gasteiger partial charge in [0.05, 0.1) is 7.11 Å². The molecule has 0 radical (unpaired) electrons. The number of rotatable bonds is 5. The molecule has 18 heavy (non-hydrogen) atoms. The molecule has 2 N–H and O–H groups in total. The summed E-state index contributed by atoms with van der Waals surface area (Å²) in [4.78, 5) is 22.6. The van der Waals surface area contributed by atoms with Gasteiger partial charge in [-0.1, -0.05) is 0 Å². The highest BCUT2D eigenvalue weighted by Crippen LogP contribution is 2.06. The van der Waals surface area contributed by atoms with Crippen molar-refractivity contribution in [2.24, 2.45) is 0 Å². The monoisotopic (exact) mass is 260 g/mol. The molecule has 0 aromatic rings. The van der Waals surface area contributed by atoms with Crippen molar-refractivity contribution in [2.45, 2.75) is 52.3 Å².